The zero-order valence-corrected chi connectivity index (χ0v) is 12.0. The van der Waals surface area contributed by atoms with Gasteiger partial charge < -0.3 is 10.2 Å². The molecule has 1 aromatic rings. The van der Waals surface area contributed by atoms with Crippen LogP contribution in [0.5, 0.6) is 0 Å². The number of hydrogen-bond acceptors (Lipinski definition) is 4. The van der Waals surface area contributed by atoms with E-state index in [0.29, 0.717) is 0 Å². The van der Waals surface area contributed by atoms with Gasteiger partial charge in [-0.2, -0.15) is 0 Å². The number of likely N-dealkylation sites (N-methyl/N-ethyl adjacent to an activating group) is 1. The molecule has 0 saturated carbocycles. The molecule has 0 spiro atoms. The van der Waals surface area contributed by atoms with Crippen molar-refractivity contribution in [2.75, 3.05) is 32.5 Å². The SMILES string of the molecule is Br.Cc1cc([N+](=O)[O-])ccc1NCCN(C)C. The minimum absolute atomic E-state index is 0. The van der Waals surface area contributed by atoms with Crippen molar-refractivity contribution in [1.82, 2.24) is 4.90 Å². The summed E-state index contributed by atoms with van der Waals surface area (Å²) in [5.41, 5.74) is 1.98. The molecule has 0 unspecified atom stereocenters. The predicted octanol–water partition coefficient (Wildman–Crippen LogP) is 2.45. The van der Waals surface area contributed by atoms with Crippen LogP contribution in [0.25, 0.3) is 0 Å². The Morgan fingerprint density at radius 1 is 1.41 bits per heavy atom. The third-order valence-electron chi connectivity index (χ3n) is 2.30. The number of nitro groups is 1. The number of halogens is 1. The largest absolute Gasteiger partial charge is 0.384 e. The van der Waals surface area contributed by atoms with Crippen molar-refractivity contribution in [2.45, 2.75) is 6.92 Å². The van der Waals surface area contributed by atoms with Crippen molar-refractivity contribution in [1.29, 1.82) is 0 Å². The van der Waals surface area contributed by atoms with Gasteiger partial charge in [-0.3, -0.25) is 10.1 Å². The molecule has 5 nitrogen and oxygen atoms in total. The molecular formula is C11H18BrN3O2. The van der Waals surface area contributed by atoms with Crippen molar-refractivity contribution < 1.29 is 4.92 Å². The summed E-state index contributed by atoms with van der Waals surface area (Å²) in [6.07, 6.45) is 0. The van der Waals surface area contributed by atoms with Gasteiger partial charge in [-0.25, -0.2) is 0 Å². The van der Waals surface area contributed by atoms with E-state index in [9.17, 15) is 10.1 Å². The van der Waals surface area contributed by atoms with Crippen LogP contribution in [0.3, 0.4) is 0 Å². The van der Waals surface area contributed by atoms with Crippen LogP contribution in [-0.4, -0.2) is 37.0 Å². The lowest BCUT2D eigenvalue weighted by Gasteiger charge is -2.12. The number of nitrogens with one attached hydrogen (secondary N) is 1. The van der Waals surface area contributed by atoms with Crippen LogP contribution in [0.2, 0.25) is 0 Å². The minimum atomic E-state index is -0.378. The predicted molar refractivity (Wildman–Crippen MR) is 75.2 cm³/mol. The first-order chi connectivity index (χ1) is 7.50. The summed E-state index contributed by atoms with van der Waals surface area (Å²) in [7, 11) is 4.01. The Kier molecular flexibility index (Phi) is 6.75. The summed E-state index contributed by atoms with van der Waals surface area (Å²) in [5.74, 6) is 0. The van der Waals surface area contributed by atoms with E-state index in [0.717, 1.165) is 24.3 Å². The second-order valence-electron chi connectivity index (χ2n) is 3.99. The Labute approximate surface area is 112 Å². The summed E-state index contributed by atoms with van der Waals surface area (Å²) >= 11 is 0. The molecule has 6 heteroatoms. The van der Waals surface area contributed by atoms with Gasteiger partial charge in [0.15, 0.2) is 0 Å². The van der Waals surface area contributed by atoms with Crippen LogP contribution in [0.15, 0.2) is 18.2 Å². The molecule has 0 fully saturated rings. The van der Waals surface area contributed by atoms with Gasteiger partial charge in [0, 0.05) is 30.9 Å². The van der Waals surface area contributed by atoms with E-state index in [2.05, 4.69) is 10.2 Å². The summed E-state index contributed by atoms with van der Waals surface area (Å²) in [6, 6.07) is 4.85. The number of nitrogens with zero attached hydrogens (tertiary/aromatic N) is 2. The summed E-state index contributed by atoms with van der Waals surface area (Å²) in [6.45, 7) is 3.62. The average molecular weight is 304 g/mol. The maximum absolute atomic E-state index is 10.5. The molecule has 0 heterocycles. The van der Waals surface area contributed by atoms with E-state index < -0.39 is 0 Å². The van der Waals surface area contributed by atoms with Crippen molar-refractivity contribution in [3.63, 3.8) is 0 Å². The van der Waals surface area contributed by atoms with Crippen molar-refractivity contribution in [2.24, 2.45) is 0 Å². The summed E-state index contributed by atoms with van der Waals surface area (Å²) < 4.78 is 0. The minimum Gasteiger partial charge on any atom is -0.384 e. The fourth-order valence-electron chi connectivity index (χ4n) is 1.37. The zero-order chi connectivity index (χ0) is 12.1. The van der Waals surface area contributed by atoms with Crippen LogP contribution in [0.4, 0.5) is 11.4 Å². The number of non-ortho nitro benzene ring substituents is 1. The fraction of sp³-hybridized carbons (Fsp3) is 0.455. The van der Waals surface area contributed by atoms with Gasteiger partial charge in [-0.1, -0.05) is 0 Å². The van der Waals surface area contributed by atoms with E-state index in [4.69, 9.17) is 0 Å². The van der Waals surface area contributed by atoms with Crippen LogP contribution in [0.1, 0.15) is 5.56 Å². The molecule has 0 radical (unpaired) electrons. The van der Waals surface area contributed by atoms with Gasteiger partial charge >= 0.3 is 0 Å². The first-order valence-corrected chi connectivity index (χ1v) is 5.14. The maximum Gasteiger partial charge on any atom is 0.269 e. The molecule has 0 aliphatic heterocycles. The van der Waals surface area contributed by atoms with E-state index >= 15 is 0 Å². The smallest absolute Gasteiger partial charge is 0.269 e. The van der Waals surface area contributed by atoms with E-state index in [-0.39, 0.29) is 27.6 Å². The molecule has 0 amide bonds. The molecular weight excluding hydrogens is 286 g/mol. The van der Waals surface area contributed by atoms with Crippen LogP contribution in [-0.2, 0) is 0 Å². The molecule has 17 heavy (non-hydrogen) atoms. The van der Waals surface area contributed by atoms with E-state index in [1.807, 2.05) is 21.0 Å². The van der Waals surface area contributed by atoms with Crippen LogP contribution >= 0.6 is 17.0 Å². The lowest BCUT2D eigenvalue weighted by Crippen LogP contribution is -2.21. The third kappa shape index (κ3) is 5.14. The Morgan fingerprint density at radius 3 is 2.53 bits per heavy atom. The Morgan fingerprint density at radius 2 is 2.06 bits per heavy atom. The lowest BCUT2D eigenvalue weighted by molar-refractivity contribution is -0.384. The summed E-state index contributed by atoms with van der Waals surface area (Å²) in [5, 5.41) is 13.8. The molecule has 1 rings (SSSR count). The first-order valence-electron chi connectivity index (χ1n) is 5.14. The number of anilines is 1. The number of aryl methyl sites for hydroxylation is 1. The van der Waals surface area contributed by atoms with Gasteiger partial charge in [0.05, 0.1) is 4.92 Å². The number of nitro benzene ring substituents is 1. The maximum atomic E-state index is 10.5. The Bertz CT molecular complexity index is 383. The van der Waals surface area contributed by atoms with Crippen molar-refractivity contribution in [3.8, 4) is 0 Å². The normalized spacial score (nSPS) is 9.88. The van der Waals surface area contributed by atoms with Crippen molar-refractivity contribution >= 4 is 28.4 Å². The highest BCUT2D eigenvalue weighted by Gasteiger charge is 2.07. The van der Waals surface area contributed by atoms with Gasteiger partial charge in [0.2, 0.25) is 0 Å². The number of hydrogen-bond donors (Lipinski definition) is 1. The lowest BCUT2D eigenvalue weighted by atomic mass is 10.2. The van der Waals surface area contributed by atoms with Crippen molar-refractivity contribution in [3.05, 3.63) is 33.9 Å². The average Bonchev–Trinajstić information content (AvgIpc) is 2.19. The van der Waals surface area contributed by atoms with Crippen LogP contribution in [0, 0.1) is 17.0 Å². The van der Waals surface area contributed by atoms with Gasteiger partial charge in [-0.15, -0.1) is 17.0 Å². The monoisotopic (exact) mass is 303 g/mol. The van der Waals surface area contributed by atoms with Gasteiger partial charge in [-0.05, 0) is 32.6 Å². The number of benzene rings is 1. The van der Waals surface area contributed by atoms with Gasteiger partial charge in [0.1, 0.15) is 0 Å². The fourth-order valence-corrected chi connectivity index (χ4v) is 1.37. The van der Waals surface area contributed by atoms with E-state index in [1.54, 1.807) is 12.1 Å². The highest BCUT2D eigenvalue weighted by molar-refractivity contribution is 8.93. The van der Waals surface area contributed by atoms with Crippen LogP contribution < -0.4 is 5.32 Å². The molecule has 1 N–H and O–H groups in total. The molecule has 0 aliphatic carbocycles. The topological polar surface area (TPSA) is 58.4 Å². The highest BCUT2D eigenvalue weighted by Crippen LogP contribution is 2.20. The molecule has 0 aromatic heterocycles. The number of rotatable bonds is 5. The second kappa shape index (κ2) is 7.24. The molecule has 96 valence electrons. The quantitative estimate of drug-likeness (QED) is 0.670. The first kappa shape index (κ1) is 15.9. The summed E-state index contributed by atoms with van der Waals surface area (Å²) in [4.78, 5) is 12.2. The molecule has 0 aliphatic rings. The van der Waals surface area contributed by atoms with Gasteiger partial charge in [0.25, 0.3) is 5.69 Å². The zero-order valence-electron chi connectivity index (χ0n) is 10.3. The third-order valence-corrected chi connectivity index (χ3v) is 2.30. The standard InChI is InChI=1S/C11H17N3O2.BrH/c1-9-8-10(14(15)16)4-5-11(9)12-6-7-13(2)3;/h4-5,8,12H,6-7H2,1-3H3;1H. The highest BCUT2D eigenvalue weighted by atomic mass is 79.9. The molecule has 1 aromatic carbocycles. The van der Waals surface area contributed by atoms with E-state index in [1.165, 1.54) is 6.07 Å². The Balaban J connectivity index is 0.00000256. The molecule has 0 bridgehead atoms. The Hall–Kier alpha value is -1.14. The molecule has 0 saturated heterocycles. The molecule has 0 atom stereocenters. The second-order valence-corrected chi connectivity index (χ2v) is 3.99.